The van der Waals surface area contributed by atoms with Crippen molar-refractivity contribution in [2.75, 3.05) is 6.61 Å². The number of allylic oxidation sites excluding steroid dienone is 1. The Labute approximate surface area is 87.3 Å². The van der Waals surface area contributed by atoms with Gasteiger partial charge < -0.3 is 4.74 Å². The second kappa shape index (κ2) is 6.63. The summed E-state index contributed by atoms with van der Waals surface area (Å²) in [6.45, 7) is 12.2. The molecule has 0 heterocycles. The van der Waals surface area contributed by atoms with E-state index in [1.165, 1.54) is 0 Å². The number of ether oxygens (including phenoxy) is 1. The number of rotatable bonds is 6. The highest BCUT2D eigenvalue weighted by molar-refractivity contribution is 5.72. The lowest BCUT2D eigenvalue weighted by molar-refractivity contribution is -0.148. The van der Waals surface area contributed by atoms with Crippen LogP contribution in [0.15, 0.2) is 12.2 Å². The lowest BCUT2D eigenvalue weighted by Crippen LogP contribution is -2.23. The molecule has 0 bridgehead atoms. The van der Waals surface area contributed by atoms with E-state index >= 15 is 0 Å². The Morgan fingerprint density at radius 2 is 2.00 bits per heavy atom. The van der Waals surface area contributed by atoms with Crippen LogP contribution in [0.5, 0.6) is 0 Å². The summed E-state index contributed by atoms with van der Waals surface area (Å²) in [5, 5.41) is 0. The van der Waals surface area contributed by atoms with Crippen LogP contribution >= 0.6 is 0 Å². The number of hydrogen-bond acceptors (Lipinski definition) is 2. The first-order chi connectivity index (χ1) is 6.54. The molecule has 0 unspecified atom stereocenters. The lowest BCUT2D eigenvalue weighted by atomic mass is 9.85. The zero-order valence-electron chi connectivity index (χ0n) is 9.80. The van der Waals surface area contributed by atoms with Crippen LogP contribution in [-0.4, -0.2) is 12.6 Å². The zero-order chi connectivity index (χ0) is 11.1. The van der Waals surface area contributed by atoms with Gasteiger partial charge in [0.25, 0.3) is 0 Å². The first kappa shape index (κ1) is 13.2. The minimum atomic E-state index is -0.103. The van der Waals surface area contributed by atoms with E-state index < -0.39 is 0 Å². The molecule has 0 N–H and O–H groups in total. The summed E-state index contributed by atoms with van der Waals surface area (Å²) in [7, 11) is 0. The van der Waals surface area contributed by atoms with Crippen molar-refractivity contribution < 1.29 is 9.53 Å². The normalized spacial score (nSPS) is 14.6. The minimum absolute atomic E-state index is 0.0626. The maximum Gasteiger partial charge on any atom is 0.309 e. The molecule has 0 aromatic carbocycles. The first-order valence-corrected chi connectivity index (χ1v) is 5.36. The van der Waals surface area contributed by atoms with E-state index in [0.717, 1.165) is 18.4 Å². The number of carbonyl (C=O) groups is 1. The third-order valence-electron chi connectivity index (χ3n) is 2.49. The van der Waals surface area contributed by atoms with E-state index in [2.05, 4.69) is 13.5 Å². The van der Waals surface area contributed by atoms with Gasteiger partial charge in [-0.2, -0.15) is 0 Å². The second-order valence-corrected chi connectivity index (χ2v) is 3.78. The van der Waals surface area contributed by atoms with Crippen molar-refractivity contribution >= 4 is 5.97 Å². The molecule has 14 heavy (non-hydrogen) atoms. The predicted octanol–water partition coefficient (Wildman–Crippen LogP) is 3.18. The van der Waals surface area contributed by atoms with Crippen molar-refractivity contribution in [3.05, 3.63) is 12.2 Å². The van der Waals surface area contributed by atoms with E-state index in [4.69, 9.17) is 4.74 Å². The van der Waals surface area contributed by atoms with Gasteiger partial charge in [-0.15, -0.1) is 0 Å². The third-order valence-corrected chi connectivity index (χ3v) is 2.49. The summed E-state index contributed by atoms with van der Waals surface area (Å²) < 4.78 is 5.00. The molecule has 0 aromatic heterocycles. The second-order valence-electron chi connectivity index (χ2n) is 3.78. The SMILES string of the molecule is C=C(C)[C@H](CCC)[C@H](C)C(=O)OCC. The molecule has 0 spiro atoms. The lowest BCUT2D eigenvalue weighted by Gasteiger charge is -2.22. The molecular formula is C12H22O2. The van der Waals surface area contributed by atoms with Crippen molar-refractivity contribution in [2.24, 2.45) is 11.8 Å². The molecule has 0 rings (SSSR count). The van der Waals surface area contributed by atoms with Gasteiger partial charge in [0.15, 0.2) is 0 Å². The Hall–Kier alpha value is -0.790. The Balaban J connectivity index is 4.34. The highest BCUT2D eigenvalue weighted by Gasteiger charge is 2.24. The van der Waals surface area contributed by atoms with Gasteiger partial charge in [-0.3, -0.25) is 4.79 Å². The van der Waals surface area contributed by atoms with Crippen LogP contribution in [0.2, 0.25) is 0 Å². The Bertz CT molecular complexity index is 196. The van der Waals surface area contributed by atoms with Crippen LogP contribution in [-0.2, 0) is 9.53 Å². The quantitative estimate of drug-likeness (QED) is 0.484. The maximum absolute atomic E-state index is 11.5. The first-order valence-electron chi connectivity index (χ1n) is 5.36. The van der Waals surface area contributed by atoms with Crippen molar-refractivity contribution in [3.8, 4) is 0 Å². The average molecular weight is 198 g/mol. The van der Waals surface area contributed by atoms with Crippen LogP contribution < -0.4 is 0 Å². The molecule has 0 aliphatic rings. The van der Waals surface area contributed by atoms with Crippen LogP contribution in [0, 0.1) is 11.8 Å². The molecule has 0 amide bonds. The molecule has 0 aliphatic heterocycles. The summed E-state index contributed by atoms with van der Waals surface area (Å²) in [6.07, 6.45) is 2.08. The monoisotopic (exact) mass is 198 g/mol. The minimum Gasteiger partial charge on any atom is -0.466 e. The van der Waals surface area contributed by atoms with Gasteiger partial charge in [-0.25, -0.2) is 0 Å². The van der Waals surface area contributed by atoms with E-state index in [9.17, 15) is 4.79 Å². The molecule has 2 heteroatoms. The molecule has 0 radical (unpaired) electrons. The molecule has 2 nitrogen and oxygen atoms in total. The molecule has 0 aromatic rings. The van der Waals surface area contributed by atoms with Crippen molar-refractivity contribution in [2.45, 2.75) is 40.5 Å². The smallest absolute Gasteiger partial charge is 0.309 e. The molecule has 82 valence electrons. The molecule has 0 aliphatic carbocycles. The summed E-state index contributed by atoms with van der Waals surface area (Å²) >= 11 is 0. The summed E-state index contributed by atoms with van der Waals surface area (Å²) in [5.41, 5.74) is 1.08. The van der Waals surface area contributed by atoms with Crippen molar-refractivity contribution in [1.82, 2.24) is 0 Å². The average Bonchev–Trinajstić information content (AvgIpc) is 2.13. The molecule has 0 fully saturated rings. The fourth-order valence-electron chi connectivity index (χ4n) is 1.67. The van der Waals surface area contributed by atoms with Gasteiger partial charge in [0.05, 0.1) is 12.5 Å². The van der Waals surface area contributed by atoms with Gasteiger partial charge >= 0.3 is 5.97 Å². The topological polar surface area (TPSA) is 26.3 Å². The molecule has 2 atom stereocenters. The van der Waals surface area contributed by atoms with Crippen LogP contribution in [0.4, 0.5) is 0 Å². The summed E-state index contributed by atoms with van der Waals surface area (Å²) in [5.74, 6) is 0.0976. The number of hydrogen-bond donors (Lipinski definition) is 0. The molecular weight excluding hydrogens is 176 g/mol. The fraction of sp³-hybridized carbons (Fsp3) is 0.750. The van der Waals surface area contributed by atoms with Gasteiger partial charge in [0.1, 0.15) is 0 Å². The third kappa shape index (κ3) is 3.95. The van der Waals surface area contributed by atoms with Gasteiger partial charge in [-0.1, -0.05) is 32.4 Å². The molecule has 0 saturated carbocycles. The van der Waals surface area contributed by atoms with Gasteiger partial charge in [0, 0.05) is 0 Å². The summed E-state index contributed by atoms with van der Waals surface area (Å²) in [4.78, 5) is 11.5. The number of esters is 1. The zero-order valence-corrected chi connectivity index (χ0v) is 9.80. The summed E-state index contributed by atoms with van der Waals surface area (Å²) in [6, 6.07) is 0. The van der Waals surface area contributed by atoms with Crippen LogP contribution in [0.25, 0.3) is 0 Å². The van der Waals surface area contributed by atoms with E-state index in [1.807, 2.05) is 20.8 Å². The van der Waals surface area contributed by atoms with Crippen LogP contribution in [0.3, 0.4) is 0 Å². The number of carbonyl (C=O) groups excluding carboxylic acids is 1. The Morgan fingerprint density at radius 1 is 1.43 bits per heavy atom. The highest BCUT2D eigenvalue weighted by Crippen LogP contribution is 2.25. The fourth-order valence-corrected chi connectivity index (χ4v) is 1.67. The molecule has 0 saturated heterocycles. The highest BCUT2D eigenvalue weighted by atomic mass is 16.5. The Morgan fingerprint density at radius 3 is 2.36 bits per heavy atom. The van der Waals surface area contributed by atoms with Gasteiger partial charge in [0.2, 0.25) is 0 Å². The van der Waals surface area contributed by atoms with E-state index in [-0.39, 0.29) is 17.8 Å². The van der Waals surface area contributed by atoms with E-state index in [1.54, 1.807) is 0 Å². The van der Waals surface area contributed by atoms with E-state index in [0.29, 0.717) is 6.61 Å². The standard InChI is InChI=1S/C12H22O2/c1-6-8-11(9(3)4)10(5)12(13)14-7-2/h10-11H,3,6-8H2,1-2,4-5H3/t10-,11-/m0/s1. The van der Waals surface area contributed by atoms with Crippen molar-refractivity contribution in [3.63, 3.8) is 0 Å². The maximum atomic E-state index is 11.5. The van der Waals surface area contributed by atoms with Crippen LogP contribution in [0.1, 0.15) is 40.5 Å². The predicted molar refractivity (Wildman–Crippen MR) is 59.0 cm³/mol. The van der Waals surface area contributed by atoms with Gasteiger partial charge in [-0.05, 0) is 26.2 Å². The Kier molecular flexibility index (Phi) is 6.26. The largest absolute Gasteiger partial charge is 0.466 e. The van der Waals surface area contributed by atoms with Crippen molar-refractivity contribution in [1.29, 1.82) is 0 Å².